The van der Waals surface area contributed by atoms with Crippen LogP contribution in [0.4, 0.5) is 0 Å². The summed E-state index contributed by atoms with van der Waals surface area (Å²) in [6, 6.07) is 18.6. The van der Waals surface area contributed by atoms with Crippen LogP contribution in [0.25, 0.3) is 10.9 Å². The van der Waals surface area contributed by atoms with Crippen LogP contribution in [0, 0.1) is 0 Å². The molecule has 38 heavy (non-hydrogen) atoms. The maximum absolute atomic E-state index is 13.3. The van der Waals surface area contributed by atoms with Crippen molar-refractivity contribution < 1.29 is 27.5 Å². The Morgan fingerprint density at radius 3 is 2.53 bits per heavy atom. The number of para-hydroxylation sites is 1. The van der Waals surface area contributed by atoms with Crippen LogP contribution in [-0.4, -0.2) is 61.5 Å². The van der Waals surface area contributed by atoms with Gasteiger partial charge in [-0.15, -0.1) is 0 Å². The van der Waals surface area contributed by atoms with Gasteiger partial charge in [0.2, 0.25) is 0 Å². The van der Waals surface area contributed by atoms with Crippen LogP contribution < -0.4 is 4.74 Å². The second-order valence-corrected chi connectivity index (χ2v) is 10.9. The first kappa shape index (κ1) is 25.3. The van der Waals surface area contributed by atoms with Gasteiger partial charge in [0.05, 0.1) is 48.5 Å². The summed E-state index contributed by atoms with van der Waals surface area (Å²) in [5.41, 5.74) is 1.82. The highest BCUT2D eigenvalue weighted by Crippen LogP contribution is 2.29. The van der Waals surface area contributed by atoms with Crippen molar-refractivity contribution in [3.05, 3.63) is 95.9 Å². The maximum Gasteiger partial charge on any atom is 0.312 e. The summed E-state index contributed by atoms with van der Waals surface area (Å²) in [6.07, 6.45) is 2.87. The van der Waals surface area contributed by atoms with Crippen LogP contribution >= 0.6 is 0 Å². The van der Waals surface area contributed by atoms with Crippen molar-refractivity contribution in [1.82, 2.24) is 14.9 Å². The molecule has 1 amide bonds. The molecule has 0 saturated carbocycles. The van der Waals surface area contributed by atoms with Gasteiger partial charge in [0.1, 0.15) is 11.9 Å². The second-order valence-electron chi connectivity index (χ2n) is 8.94. The molecule has 2 aromatic heterocycles. The van der Waals surface area contributed by atoms with Crippen LogP contribution in [0.2, 0.25) is 0 Å². The summed E-state index contributed by atoms with van der Waals surface area (Å²) in [7, 11) is -2.32. The van der Waals surface area contributed by atoms with Gasteiger partial charge in [0.15, 0.2) is 9.84 Å². The van der Waals surface area contributed by atoms with Crippen molar-refractivity contribution in [2.75, 3.05) is 20.2 Å². The quantitative estimate of drug-likeness (QED) is 0.318. The molecule has 0 spiro atoms. The van der Waals surface area contributed by atoms with E-state index < -0.39 is 15.8 Å². The van der Waals surface area contributed by atoms with Crippen LogP contribution in [0.15, 0.2) is 84.0 Å². The number of likely N-dealkylation sites (tertiary alicyclic amines) is 1. The molecule has 10 heteroatoms. The van der Waals surface area contributed by atoms with Gasteiger partial charge in [-0.25, -0.2) is 8.42 Å². The average molecular weight is 532 g/mol. The number of hydrogen-bond donors (Lipinski definition) is 0. The third-order valence-corrected chi connectivity index (χ3v) is 7.99. The van der Waals surface area contributed by atoms with E-state index in [0.717, 1.165) is 5.39 Å². The minimum atomic E-state index is -3.75. The zero-order chi connectivity index (χ0) is 26.7. The number of rotatable bonds is 8. The normalized spacial score (nSPS) is 13.7. The van der Waals surface area contributed by atoms with Gasteiger partial charge in [-0.1, -0.05) is 30.3 Å². The van der Waals surface area contributed by atoms with E-state index in [1.807, 2.05) is 12.1 Å². The number of esters is 1. The number of benzene rings is 2. The number of pyridine rings is 2. The molecular weight excluding hydrogens is 506 g/mol. The third kappa shape index (κ3) is 5.35. The van der Waals surface area contributed by atoms with Crippen LogP contribution in [0.3, 0.4) is 0 Å². The summed E-state index contributed by atoms with van der Waals surface area (Å²) < 4.78 is 37.4. The lowest BCUT2D eigenvalue weighted by Gasteiger charge is -2.38. The Hall–Kier alpha value is -4.31. The number of hydrogen-bond acceptors (Lipinski definition) is 8. The summed E-state index contributed by atoms with van der Waals surface area (Å²) in [6.45, 7) is 0.554. The van der Waals surface area contributed by atoms with Crippen molar-refractivity contribution in [3.63, 3.8) is 0 Å². The summed E-state index contributed by atoms with van der Waals surface area (Å²) in [5, 5.41) is 0.733. The number of carbonyl (C=O) groups excluding carboxylic acids is 2. The second kappa shape index (κ2) is 10.6. The molecule has 0 N–H and O–H groups in total. The van der Waals surface area contributed by atoms with Crippen LogP contribution in [0.5, 0.6) is 5.75 Å². The zero-order valence-electron chi connectivity index (χ0n) is 20.6. The SMILES string of the molecule is COc1cc(C(=O)N2CC(OC(=O)Cc3ccccn3)C2)ccc1CS(=O)(=O)c1cccc2cccnc12. The fourth-order valence-electron chi connectivity index (χ4n) is 4.35. The third-order valence-electron chi connectivity index (χ3n) is 6.30. The molecule has 5 rings (SSSR count). The molecule has 1 fully saturated rings. The number of sulfone groups is 1. The molecule has 0 unspecified atom stereocenters. The number of methoxy groups -OCH3 is 1. The zero-order valence-corrected chi connectivity index (χ0v) is 21.4. The highest BCUT2D eigenvalue weighted by molar-refractivity contribution is 7.90. The topological polar surface area (TPSA) is 116 Å². The Bertz CT molecular complexity index is 1600. The fraction of sp³-hybridized carbons (Fsp3) is 0.214. The number of nitrogens with zero attached hydrogens (tertiary/aromatic N) is 3. The van der Waals surface area contributed by atoms with E-state index in [2.05, 4.69) is 9.97 Å². The lowest BCUT2D eigenvalue weighted by molar-refractivity contribution is -0.154. The van der Waals surface area contributed by atoms with E-state index in [9.17, 15) is 18.0 Å². The van der Waals surface area contributed by atoms with Gasteiger partial charge in [-0.2, -0.15) is 0 Å². The average Bonchev–Trinajstić information content (AvgIpc) is 2.90. The molecule has 1 aliphatic heterocycles. The molecular formula is C28H25N3O6S. The Morgan fingerprint density at radius 2 is 1.76 bits per heavy atom. The largest absolute Gasteiger partial charge is 0.496 e. The number of carbonyl (C=O) groups is 2. The number of amides is 1. The van der Waals surface area contributed by atoms with E-state index in [4.69, 9.17) is 9.47 Å². The Kier molecular flexibility index (Phi) is 7.06. The predicted octanol–water partition coefficient (Wildman–Crippen LogP) is 3.22. The van der Waals surface area contributed by atoms with Gasteiger partial charge in [-0.3, -0.25) is 19.6 Å². The molecule has 9 nitrogen and oxygen atoms in total. The van der Waals surface area contributed by atoms with Gasteiger partial charge in [-0.05, 0) is 36.4 Å². The van der Waals surface area contributed by atoms with Crippen LogP contribution in [0.1, 0.15) is 21.6 Å². The lowest BCUT2D eigenvalue weighted by Crippen LogP contribution is -2.55. The first-order valence-corrected chi connectivity index (χ1v) is 13.6. The van der Waals surface area contributed by atoms with Crippen molar-refractivity contribution in [2.24, 2.45) is 0 Å². The monoisotopic (exact) mass is 531 g/mol. The Balaban J connectivity index is 1.24. The van der Waals surface area contributed by atoms with Gasteiger partial charge < -0.3 is 14.4 Å². The summed E-state index contributed by atoms with van der Waals surface area (Å²) in [4.78, 5) is 35.2. The first-order valence-electron chi connectivity index (χ1n) is 12.0. The highest BCUT2D eigenvalue weighted by atomic mass is 32.2. The Labute approximate surface area is 220 Å². The molecule has 4 aromatic rings. The van der Waals surface area contributed by atoms with Crippen molar-refractivity contribution in [2.45, 2.75) is 23.2 Å². The molecule has 2 aromatic carbocycles. The minimum Gasteiger partial charge on any atom is -0.496 e. The van der Waals surface area contributed by atoms with Crippen molar-refractivity contribution >= 4 is 32.6 Å². The first-order chi connectivity index (χ1) is 18.3. The maximum atomic E-state index is 13.3. The van der Waals surface area contributed by atoms with Gasteiger partial charge >= 0.3 is 5.97 Å². The summed E-state index contributed by atoms with van der Waals surface area (Å²) in [5.74, 6) is -0.660. The van der Waals surface area contributed by atoms with Gasteiger partial charge in [0, 0.05) is 28.9 Å². The van der Waals surface area contributed by atoms with E-state index in [1.165, 1.54) is 13.2 Å². The van der Waals surface area contributed by atoms with E-state index >= 15 is 0 Å². The van der Waals surface area contributed by atoms with E-state index in [1.54, 1.807) is 65.8 Å². The molecule has 0 radical (unpaired) electrons. The molecule has 3 heterocycles. The lowest BCUT2D eigenvalue weighted by atomic mass is 10.1. The van der Waals surface area contributed by atoms with Crippen molar-refractivity contribution in [1.29, 1.82) is 0 Å². The Morgan fingerprint density at radius 1 is 0.974 bits per heavy atom. The van der Waals surface area contributed by atoms with E-state index in [-0.39, 0.29) is 42.2 Å². The molecule has 0 aliphatic carbocycles. The number of ether oxygens (including phenoxy) is 2. The summed E-state index contributed by atoms with van der Waals surface area (Å²) >= 11 is 0. The molecule has 194 valence electrons. The standard InChI is InChI=1S/C28H25N3O6S/c1-36-24-14-20(28(33)31-16-23(17-31)37-26(32)15-22-8-2-3-12-29-22)10-11-21(24)18-38(34,35)25-9-4-6-19-7-5-13-30-27(19)25/h2-14,23H,15-18H2,1H3. The molecule has 1 saturated heterocycles. The highest BCUT2D eigenvalue weighted by Gasteiger charge is 2.34. The molecule has 1 aliphatic rings. The molecule has 0 atom stereocenters. The number of aromatic nitrogens is 2. The smallest absolute Gasteiger partial charge is 0.312 e. The minimum absolute atomic E-state index is 0.0711. The van der Waals surface area contributed by atoms with Crippen molar-refractivity contribution in [3.8, 4) is 5.75 Å². The predicted molar refractivity (Wildman–Crippen MR) is 139 cm³/mol. The van der Waals surface area contributed by atoms with Crippen LogP contribution in [-0.2, 0) is 31.5 Å². The van der Waals surface area contributed by atoms with Gasteiger partial charge in [0.25, 0.3) is 5.91 Å². The number of fused-ring (bicyclic) bond motifs is 1. The fourth-order valence-corrected chi connectivity index (χ4v) is 5.90. The molecule has 0 bridgehead atoms. The van der Waals surface area contributed by atoms with E-state index in [0.29, 0.717) is 28.1 Å².